The average Bonchev–Trinajstić information content (AvgIpc) is 3.11. The van der Waals surface area contributed by atoms with Crippen molar-refractivity contribution in [2.75, 3.05) is 0 Å². The Morgan fingerprint density at radius 1 is 1.15 bits per heavy atom. The lowest BCUT2D eigenvalue weighted by Gasteiger charge is -2.24. The fraction of sp³-hybridized carbons (Fsp3) is 0.364. The van der Waals surface area contributed by atoms with Gasteiger partial charge in [0.1, 0.15) is 11.5 Å². The molecule has 2 aromatic heterocycles. The third-order valence-electron chi connectivity index (χ3n) is 5.44. The first-order valence-corrected chi connectivity index (χ1v) is 9.68. The number of fused-ring (bicyclic) bond motifs is 1. The molecule has 1 aliphatic rings. The summed E-state index contributed by atoms with van der Waals surface area (Å²) < 4.78 is 16.5. The molecule has 1 fully saturated rings. The van der Waals surface area contributed by atoms with E-state index in [1.807, 2.05) is 34.9 Å². The molecule has 3 aromatic rings. The number of hydrogen-bond donors (Lipinski definition) is 1. The highest BCUT2D eigenvalue weighted by molar-refractivity contribution is 5.78. The van der Waals surface area contributed by atoms with Crippen LogP contribution in [0.15, 0.2) is 54.9 Å². The van der Waals surface area contributed by atoms with Crippen molar-refractivity contribution in [2.24, 2.45) is 0 Å². The van der Waals surface area contributed by atoms with Crippen molar-refractivity contribution in [3.05, 3.63) is 71.9 Å². The summed E-state index contributed by atoms with van der Waals surface area (Å²) in [5.41, 5.74) is 2.15. The molecule has 140 valence electrons. The van der Waals surface area contributed by atoms with Crippen LogP contribution in [0.1, 0.15) is 55.7 Å². The zero-order valence-corrected chi connectivity index (χ0v) is 15.3. The molecule has 1 amide bonds. The first-order chi connectivity index (χ1) is 13.2. The fourth-order valence-corrected chi connectivity index (χ4v) is 4.06. The van der Waals surface area contributed by atoms with E-state index in [0.717, 1.165) is 37.0 Å². The Balaban J connectivity index is 1.64. The van der Waals surface area contributed by atoms with E-state index in [0.29, 0.717) is 5.56 Å². The molecule has 1 atom stereocenters. The summed E-state index contributed by atoms with van der Waals surface area (Å²) in [4.78, 5) is 17.2. The van der Waals surface area contributed by atoms with Crippen molar-refractivity contribution < 1.29 is 9.18 Å². The quantitative estimate of drug-likeness (QED) is 0.726. The third-order valence-corrected chi connectivity index (χ3v) is 5.44. The van der Waals surface area contributed by atoms with Crippen LogP contribution in [-0.2, 0) is 4.79 Å². The largest absolute Gasteiger partial charge is 0.353 e. The molecule has 1 unspecified atom stereocenters. The molecule has 1 aromatic carbocycles. The lowest BCUT2D eigenvalue weighted by Crippen LogP contribution is -2.37. The van der Waals surface area contributed by atoms with Crippen LogP contribution < -0.4 is 5.32 Å². The van der Waals surface area contributed by atoms with E-state index < -0.39 is 0 Å². The van der Waals surface area contributed by atoms with E-state index in [1.165, 1.54) is 12.5 Å². The molecule has 5 heteroatoms. The van der Waals surface area contributed by atoms with Crippen LogP contribution in [-0.4, -0.2) is 21.3 Å². The van der Waals surface area contributed by atoms with Crippen molar-refractivity contribution in [1.29, 1.82) is 0 Å². The van der Waals surface area contributed by atoms with Crippen LogP contribution in [0.2, 0.25) is 0 Å². The van der Waals surface area contributed by atoms with E-state index in [1.54, 1.807) is 18.3 Å². The number of rotatable bonds is 5. The summed E-state index contributed by atoms with van der Waals surface area (Å²) >= 11 is 0. The summed E-state index contributed by atoms with van der Waals surface area (Å²) in [5, 5.41) is 3.16. The predicted octanol–water partition coefficient (Wildman–Crippen LogP) is 4.44. The molecule has 4 nitrogen and oxygen atoms in total. The van der Waals surface area contributed by atoms with Gasteiger partial charge in [0, 0.05) is 30.8 Å². The maximum absolute atomic E-state index is 14.6. The van der Waals surface area contributed by atoms with Crippen molar-refractivity contribution in [2.45, 2.75) is 50.5 Å². The zero-order chi connectivity index (χ0) is 18.6. The summed E-state index contributed by atoms with van der Waals surface area (Å²) in [6.07, 6.45) is 9.50. The van der Waals surface area contributed by atoms with Crippen molar-refractivity contribution >= 4 is 11.6 Å². The van der Waals surface area contributed by atoms with Gasteiger partial charge in [-0.15, -0.1) is 0 Å². The van der Waals surface area contributed by atoms with Crippen LogP contribution >= 0.6 is 0 Å². The molecule has 1 N–H and O–H groups in total. The van der Waals surface area contributed by atoms with Gasteiger partial charge < -0.3 is 9.72 Å². The number of amides is 1. The summed E-state index contributed by atoms with van der Waals surface area (Å²) in [6, 6.07) is 12.7. The molecule has 1 saturated carbocycles. The number of carbonyl (C=O) groups excluding carboxylic acids is 1. The highest BCUT2D eigenvalue weighted by Gasteiger charge is 2.25. The number of benzene rings is 1. The minimum absolute atomic E-state index is 0.0268. The SMILES string of the molecule is O=C(CC(c1ccccc1F)c1cnc2ccccn12)NC1CCCCC1. The van der Waals surface area contributed by atoms with E-state index >= 15 is 0 Å². The molecular formula is C22H24FN3O. The van der Waals surface area contributed by atoms with Gasteiger partial charge in [-0.05, 0) is 36.6 Å². The molecular weight excluding hydrogens is 341 g/mol. The molecule has 0 spiro atoms. The van der Waals surface area contributed by atoms with Gasteiger partial charge >= 0.3 is 0 Å². The molecule has 2 heterocycles. The first kappa shape index (κ1) is 17.7. The Labute approximate surface area is 158 Å². The summed E-state index contributed by atoms with van der Waals surface area (Å²) in [5.74, 6) is -0.702. The van der Waals surface area contributed by atoms with Crippen molar-refractivity contribution in [1.82, 2.24) is 14.7 Å². The summed E-state index contributed by atoms with van der Waals surface area (Å²) in [7, 11) is 0. The molecule has 27 heavy (non-hydrogen) atoms. The average molecular weight is 365 g/mol. The van der Waals surface area contributed by atoms with E-state index in [9.17, 15) is 9.18 Å². The number of nitrogens with zero attached hydrogens (tertiary/aromatic N) is 2. The first-order valence-electron chi connectivity index (χ1n) is 9.68. The number of imidazole rings is 1. The maximum atomic E-state index is 14.6. The molecule has 1 aliphatic carbocycles. The second kappa shape index (κ2) is 7.91. The van der Waals surface area contributed by atoms with Gasteiger partial charge in [0.15, 0.2) is 0 Å². The van der Waals surface area contributed by atoms with Crippen molar-refractivity contribution in [3.63, 3.8) is 0 Å². The van der Waals surface area contributed by atoms with Gasteiger partial charge in [-0.2, -0.15) is 0 Å². The minimum Gasteiger partial charge on any atom is -0.353 e. The van der Waals surface area contributed by atoms with Crippen LogP contribution in [0.5, 0.6) is 0 Å². The van der Waals surface area contributed by atoms with E-state index in [4.69, 9.17) is 0 Å². The third kappa shape index (κ3) is 3.87. The molecule has 0 radical (unpaired) electrons. The molecule has 4 rings (SSSR count). The number of pyridine rings is 1. The standard InChI is InChI=1S/C22H24FN3O/c23-19-11-5-4-10-17(19)18(14-22(27)25-16-8-2-1-3-9-16)20-15-24-21-12-6-7-13-26(20)21/h4-7,10-13,15-16,18H,1-3,8-9,14H2,(H,25,27). The normalized spacial score (nSPS) is 16.3. The highest BCUT2D eigenvalue weighted by atomic mass is 19.1. The minimum atomic E-state index is -0.382. The molecule has 0 saturated heterocycles. The second-order valence-electron chi connectivity index (χ2n) is 7.29. The van der Waals surface area contributed by atoms with Crippen LogP contribution in [0.4, 0.5) is 4.39 Å². The Hall–Kier alpha value is -2.69. The van der Waals surface area contributed by atoms with Gasteiger partial charge in [0.25, 0.3) is 0 Å². The van der Waals surface area contributed by atoms with Gasteiger partial charge in [-0.1, -0.05) is 43.5 Å². The number of nitrogens with one attached hydrogen (secondary N) is 1. The second-order valence-corrected chi connectivity index (χ2v) is 7.29. The summed E-state index contributed by atoms with van der Waals surface area (Å²) in [6.45, 7) is 0. The molecule has 0 aliphatic heterocycles. The van der Waals surface area contributed by atoms with Crippen molar-refractivity contribution in [3.8, 4) is 0 Å². The van der Waals surface area contributed by atoms with Crippen LogP contribution in [0.25, 0.3) is 5.65 Å². The smallest absolute Gasteiger partial charge is 0.221 e. The van der Waals surface area contributed by atoms with Crippen LogP contribution in [0, 0.1) is 5.82 Å². The monoisotopic (exact) mass is 365 g/mol. The lowest BCUT2D eigenvalue weighted by molar-refractivity contribution is -0.122. The number of hydrogen-bond acceptors (Lipinski definition) is 2. The van der Waals surface area contributed by atoms with Gasteiger partial charge in [-0.3, -0.25) is 4.79 Å². The van der Waals surface area contributed by atoms with Gasteiger partial charge in [0.05, 0.1) is 5.69 Å². The highest BCUT2D eigenvalue weighted by Crippen LogP contribution is 2.31. The fourth-order valence-electron chi connectivity index (χ4n) is 4.06. The maximum Gasteiger partial charge on any atom is 0.221 e. The number of carbonyl (C=O) groups is 1. The number of aromatic nitrogens is 2. The lowest BCUT2D eigenvalue weighted by atomic mass is 9.91. The Bertz CT molecular complexity index is 930. The Kier molecular flexibility index (Phi) is 5.19. The molecule has 0 bridgehead atoms. The zero-order valence-electron chi connectivity index (χ0n) is 15.3. The van der Waals surface area contributed by atoms with Gasteiger partial charge in [-0.25, -0.2) is 9.37 Å². The Morgan fingerprint density at radius 2 is 1.93 bits per heavy atom. The van der Waals surface area contributed by atoms with Gasteiger partial charge in [0.2, 0.25) is 5.91 Å². The van der Waals surface area contributed by atoms with E-state index in [-0.39, 0.29) is 30.1 Å². The topological polar surface area (TPSA) is 46.4 Å². The Morgan fingerprint density at radius 3 is 2.74 bits per heavy atom. The number of halogens is 1. The predicted molar refractivity (Wildman–Crippen MR) is 103 cm³/mol. The van der Waals surface area contributed by atoms with E-state index in [2.05, 4.69) is 10.3 Å². The van der Waals surface area contributed by atoms with Crippen LogP contribution in [0.3, 0.4) is 0 Å².